The van der Waals surface area contributed by atoms with Gasteiger partial charge in [-0.05, 0) is 31.6 Å². The van der Waals surface area contributed by atoms with Crippen molar-refractivity contribution in [3.05, 3.63) is 11.3 Å². The molecule has 0 aromatic rings. The van der Waals surface area contributed by atoms with Gasteiger partial charge in [0.15, 0.2) is 5.78 Å². The van der Waals surface area contributed by atoms with Gasteiger partial charge in [0, 0.05) is 18.4 Å². The van der Waals surface area contributed by atoms with Crippen LogP contribution in [0.25, 0.3) is 0 Å². The van der Waals surface area contributed by atoms with Crippen LogP contribution in [0.2, 0.25) is 0 Å². The first-order chi connectivity index (χ1) is 6.34. The van der Waals surface area contributed by atoms with Crippen LogP contribution < -0.4 is 0 Å². The summed E-state index contributed by atoms with van der Waals surface area (Å²) in [5, 5.41) is 0. The quantitative estimate of drug-likeness (QED) is 0.568. The summed E-state index contributed by atoms with van der Waals surface area (Å²) in [6.07, 6.45) is 6.63. The molecule has 3 rings (SSSR count). The third kappa shape index (κ3) is 1.04. The molecule has 0 N–H and O–H groups in total. The summed E-state index contributed by atoms with van der Waals surface area (Å²) in [5.74, 6) is 1.98. The molecule has 2 nitrogen and oxygen atoms in total. The summed E-state index contributed by atoms with van der Waals surface area (Å²) >= 11 is 0. The van der Waals surface area contributed by atoms with Crippen LogP contribution in [0.1, 0.15) is 38.5 Å². The van der Waals surface area contributed by atoms with Crippen molar-refractivity contribution in [2.75, 3.05) is 0 Å². The van der Waals surface area contributed by atoms with Crippen LogP contribution in [0.4, 0.5) is 0 Å². The number of rotatable bonds is 0. The molecule has 1 fully saturated rings. The van der Waals surface area contributed by atoms with Gasteiger partial charge in [0.2, 0.25) is 0 Å². The predicted octanol–water partition coefficient (Wildman–Crippen LogP) is 2.19. The Morgan fingerprint density at radius 3 is 3.08 bits per heavy atom. The number of Topliss-reactive ketones (excluding diaryl/α,β-unsaturated/α-hetero) is 1. The Hall–Kier alpha value is -0.790. The zero-order valence-corrected chi connectivity index (χ0v) is 7.71. The van der Waals surface area contributed by atoms with Crippen LogP contribution in [-0.4, -0.2) is 11.9 Å². The van der Waals surface area contributed by atoms with Gasteiger partial charge >= 0.3 is 0 Å². The summed E-state index contributed by atoms with van der Waals surface area (Å²) in [4.78, 5) is 11.7. The number of carbonyl (C=O) groups is 1. The van der Waals surface area contributed by atoms with Crippen LogP contribution >= 0.6 is 0 Å². The maximum Gasteiger partial charge on any atom is 0.162 e. The summed E-state index contributed by atoms with van der Waals surface area (Å²) < 4.78 is 5.81. The third-order valence-corrected chi connectivity index (χ3v) is 3.51. The third-order valence-electron chi connectivity index (χ3n) is 3.51. The highest BCUT2D eigenvalue weighted by Gasteiger charge is 2.39. The van der Waals surface area contributed by atoms with Gasteiger partial charge in [0.05, 0.1) is 6.10 Å². The fourth-order valence-corrected chi connectivity index (χ4v) is 2.92. The molecule has 2 bridgehead atoms. The summed E-state index contributed by atoms with van der Waals surface area (Å²) in [7, 11) is 0. The number of carbonyl (C=O) groups excluding carboxylic acids is 1. The number of hydrogen-bond acceptors (Lipinski definition) is 2. The predicted molar refractivity (Wildman–Crippen MR) is 48.1 cm³/mol. The average Bonchev–Trinajstić information content (AvgIpc) is 2.48. The summed E-state index contributed by atoms with van der Waals surface area (Å²) in [5.41, 5.74) is 1.07. The van der Waals surface area contributed by atoms with Crippen molar-refractivity contribution >= 4 is 5.78 Å². The van der Waals surface area contributed by atoms with Crippen LogP contribution in [0.15, 0.2) is 11.3 Å². The first-order valence-corrected chi connectivity index (χ1v) is 5.27. The Morgan fingerprint density at radius 2 is 2.15 bits per heavy atom. The van der Waals surface area contributed by atoms with Crippen LogP contribution in [0, 0.1) is 5.92 Å². The lowest BCUT2D eigenvalue weighted by Gasteiger charge is -2.29. The molecule has 0 amide bonds. The highest BCUT2D eigenvalue weighted by molar-refractivity contribution is 5.97. The van der Waals surface area contributed by atoms with E-state index in [2.05, 4.69) is 0 Å². The first-order valence-electron chi connectivity index (χ1n) is 5.27. The molecule has 3 aliphatic rings. The van der Waals surface area contributed by atoms with Crippen molar-refractivity contribution in [3.8, 4) is 0 Å². The molecule has 0 saturated heterocycles. The molecule has 0 radical (unpaired) electrons. The Labute approximate surface area is 78.0 Å². The SMILES string of the molecule is O=C1CCCC2=C1[C@H]1CC[C@H](C1)O2. The van der Waals surface area contributed by atoms with E-state index in [9.17, 15) is 4.79 Å². The average molecular weight is 178 g/mol. The molecule has 1 heterocycles. The molecule has 2 heteroatoms. The van der Waals surface area contributed by atoms with E-state index in [4.69, 9.17) is 4.74 Å². The molecule has 70 valence electrons. The lowest BCUT2D eigenvalue weighted by Crippen LogP contribution is -2.25. The largest absolute Gasteiger partial charge is 0.494 e. The van der Waals surface area contributed by atoms with Crippen LogP contribution in [0.5, 0.6) is 0 Å². The Bertz CT molecular complexity index is 290. The van der Waals surface area contributed by atoms with Crippen molar-refractivity contribution in [2.45, 2.75) is 44.6 Å². The van der Waals surface area contributed by atoms with Gasteiger partial charge in [-0.3, -0.25) is 4.79 Å². The second-order valence-electron chi connectivity index (χ2n) is 4.36. The van der Waals surface area contributed by atoms with Crippen molar-refractivity contribution in [3.63, 3.8) is 0 Å². The molecule has 0 aromatic heterocycles. The monoisotopic (exact) mass is 178 g/mol. The number of hydrogen-bond donors (Lipinski definition) is 0. The van der Waals surface area contributed by atoms with E-state index in [1.165, 1.54) is 6.42 Å². The fourth-order valence-electron chi connectivity index (χ4n) is 2.92. The number of allylic oxidation sites excluding steroid dienone is 2. The molecular weight excluding hydrogens is 164 g/mol. The van der Waals surface area contributed by atoms with Gasteiger partial charge in [-0.2, -0.15) is 0 Å². The van der Waals surface area contributed by atoms with Crippen molar-refractivity contribution in [2.24, 2.45) is 5.92 Å². The summed E-state index contributed by atoms with van der Waals surface area (Å²) in [6, 6.07) is 0. The van der Waals surface area contributed by atoms with Crippen molar-refractivity contribution in [1.82, 2.24) is 0 Å². The van der Waals surface area contributed by atoms with Gasteiger partial charge in [-0.1, -0.05) is 0 Å². The fraction of sp³-hybridized carbons (Fsp3) is 0.727. The Morgan fingerprint density at radius 1 is 1.23 bits per heavy atom. The van der Waals surface area contributed by atoms with E-state index < -0.39 is 0 Å². The maximum atomic E-state index is 11.7. The van der Waals surface area contributed by atoms with Crippen molar-refractivity contribution < 1.29 is 9.53 Å². The van der Waals surface area contributed by atoms with E-state index in [-0.39, 0.29) is 0 Å². The lowest BCUT2D eigenvalue weighted by atomic mass is 9.85. The zero-order valence-electron chi connectivity index (χ0n) is 7.71. The van der Waals surface area contributed by atoms with Gasteiger partial charge in [-0.25, -0.2) is 0 Å². The smallest absolute Gasteiger partial charge is 0.162 e. The van der Waals surface area contributed by atoms with E-state index >= 15 is 0 Å². The molecular formula is C11H14O2. The Kier molecular flexibility index (Phi) is 1.52. The topological polar surface area (TPSA) is 26.3 Å². The van der Waals surface area contributed by atoms with Gasteiger partial charge < -0.3 is 4.74 Å². The highest BCUT2D eigenvalue weighted by Crippen LogP contribution is 2.44. The van der Waals surface area contributed by atoms with Crippen molar-refractivity contribution in [1.29, 1.82) is 0 Å². The highest BCUT2D eigenvalue weighted by atomic mass is 16.5. The molecule has 0 unspecified atom stereocenters. The second-order valence-corrected chi connectivity index (χ2v) is 4.36. The normalized spacial score (nSPS) is 37.4. The Balaban J connectivity index is 2.02. The molecule has 0 spiro atoms. The van der Waals surface area contributed by atoms with Gasteiger partial charge in [0.25, 0.3) is 0 Å². The van der Waals surface area contributed by atoms with Gasteiger partial charge in [0.1, 0.15) is 5.76 Å². The van der Waals surface area contributed by atoms with E-state index in [1.54, 1.807) is 0 Å². The molecule has 1 saturated carbocycles. The van der Waals surface area contributed by atoms with Crippen LogP contribution in [0.3, 0.4) is 0 Å². The van der Waals surface area contributed by atoms with Crippen LogP contribution in [-0.2, 0) is 9.53 Å². The standard InChI is InChI=1S/C11H14O2/c12-9-2-1-3-10-11(9)7-4-5-8(6-7)13-10/h7-8H,1-6H2/t7-,8+/m0/s1. The minimum Gasteiger partial charge on any atom is -0.494 e. The number of ketones is 1. The lowest BCUT2D eigenvalue weighted by molar-refractivity contribution is -0.117. The number of fused-ring (bicyclic) bond motifs is 3. The molecule has 2 aliphatic carbocycles. The zero-order chi connectivity index (χ0) is 8.84. The first kappa shape index (κ1) is 7.60. The molecule has 13 heavy (non-hydrogen) atoms. The minimum absolute atomic E-state index is 0.367. The molecule has 0 aromatic carbocycles. The minimum atomic E-state index is 0.367. The van der Waals surface area contributed by atoms with Gasteiger partial charge in [-0.15, -0.1) is 0 Å². The second kappa shape index (κ2) is 2.60. The molecule has 2 atom stereocenters. The number of ether oxygens (including phenoxy) is 1. The molecule has 1 aliphatic heterocycles. The summed E-state index contributed by atoms with van der Waals surface area (Å²) in [6.45, 7) is 0. The van der Waals surface area contributed by atoms with E-state index in [1.807, 2.05) is 0 Å². The maximum absolute atomic E-state index is 11.7. The van der Waals surface area contributed by atoms with E-state index in [0.29, 0.717) is 17.8 Å². The van der Waals surface area contributed by atoms with E-state index in [0.717, 1.165) is 43.4 Å².